The van der Waals surface area contributed by atoms with Crippen LogP contribution in [0.3, 0.4) is 0 Å². The fourth-order valence-electron chi connectivity index (χ4n) is 2.40. The van der Waals surface area contributed by atoms with E-state index in [0.717, 1.165) is 12.8 Å². The zero-order chi connectivity index (χ0) is 11.4. The Labute approximate surface area is 95.3 Å². The molecule has 1 aliphatic rings. The average Bonchev–Trinajstić information content (AvgIpc) is 2.15. The van der Waals surface area contributed by atoms with E-state index in [1.54, 1.807) is 6.92 Å². The molecule has 0 amide bonds. The molecular weight excluding hydrogens is 208 g/mol. The summed E-state index contributed by atoms with van der Waals surface area (Å²) in [4.78, 5) is 11.0. The predicted molar refractivity (Wildman–Crippen MR) is 64.3 cm³/mol. The van der Waals surface area contributed by atoms with Gasteiger partial charge in [0.1, 0.15) is 5.78 Å². The second-order valence-corrected chi connectivity index (χ2v) is 7.07. The summed E-state index contributed by atoms with van der Waals surface area (Å²) in [6.07, 6.45) is 5.10. The van der Waals surface area contributed by atoms with Crippen LogP contribution in [0.15, 0.2) is 0 Å². The Balaban J connectivity index is 2.47. The van der Waals surface area contributed by atoms with Gasteiger partial charge in [0.25, 0.3) is 0 Å². The van der Waals surface area contributed by atoms with Gasteiger partial charge in [0.2, 0.25) is 0 Å². The maximum Gasteiger partial charge on any atom is 0.131 e. The molecule has 88 valence electrons. The van der Waals surface area contributed by atoms with Gasteiger partial charge < -0.3 is 0 Å². The molecule has 0 aromatic heterocycles. The van der Waals surface area contributed by atoms with Crippen molar-refractivity contribution in [2.24, 2.45) is 5.92 Å². The summed E-state index contributed by atoms with van der Waals surface area (Å²) >= 11 is 0. The number of carbonyl (C=O) groups is 1. The molecular formula is C12H22O2S. The molecule has 0 radical (unpaired) electrons. The molecule has 0 N–H and O–H groups in total. The molecule has 3 heteroatoms. The highest BCUT2D eigenvalue weighted by molar-refractivity contribution is 7.86. The van der Waals surface area contributed by atoms with Crippen molar-refractivity contribution in [3.05, 3.63) is 0 Å². The molecule has 1 rings (SSSR count). The van der Waals surface area contributed by atoms with E-state index >= 15 is 0 Å². The minimum absolute atomic E-state index is 0.0396. The van der Waals surface area contributed by atoms with E-state index in [1.165, 1.54) is 12.8 Å². The highest BCUT2D eigenvalue weighted by Gasteiger charge is 2.27. The maximum absolute atomic E-state index is 12.1. The van der Waals surface area contributed by atoms with Gasteiger partial charge in [0, 0.05) is 27.7 Å². The molecule has 0 aromatic rings. The van der Waals surface area contributed by atoms with Gasteiger partial charge in [0.15, 0.2) is 0 Å². The van der Waals surface area contributed by atoms with E-state index in [4.69, 9.17) is 0 Å². The number of ketones is 1. The van der Waals surface area contributed by atoms with E-state index in [0.29, 0.717) is 17.6 Å². The average molecular weight is 230 g/mol. The van der Waals surface area contributed by atoms with Gasteiger partial charge in [-0.1, -0.05) is 26.7 Å². The minimum Gasteiger partial charge on any atom is -0.300 e. The Bertz CT molecular complexity index is 250. The van der Waals surface area contributed by atoms with Gasteiger partial charge in [-0.2, -0.15) is 0 Å². The summed E-state index contributed by atoms with van der Waals surface area (Å²) in [5, 5.41) is 0.376. The molecule has 0 heterocycles. The Hall–Kier alpha value is -0.180. The Morgan fingerprint density at radius 1 is 1.47 bits per heavy atom. The van der Waals surface area contributed by atoms with Crippen LogP contribution in [0.5, 0.6) is 0 Å². The van der Waals surface area contributed by atoms with Crippen molar-refractivity contribution < 1.29 is 9.00 Å². The summed E-state index contributed by atoms with van der Waals surface area (Å²) in [6.45, 7) is 5.76. The SMILES string of the molecule is CC(=O)CC(C)S(=O)C1CCCC(C)C1. The van der Waals surface area contributed by atoms with E-state index in [2.05, 4.69) is 6.92 Å². The van der Waals surface area contributed by atoms with Crippen LogP contribution in [-0.2, 0) is 15.6 Å². The number of hydrogen-bond donors (Lipinski definition) is 0. The highest BCUT2D eigenvalue weighted by Crippen LogP contribution is 2.28. The lowest BCUT2D eigenvalue weighted by Crippen LogP contribution is -2.29. The molecule has 4 unspecified atom stereocenters. The van der Waals surface area contributed by atoms with Crippen LogP contribution in [0.4, 0.5) is 0 Å². The summed E-state index contributed by atoms with van der Waals surface area (Å²) in [5.74, 6) is 0.858. The number of hydrogen-bond acceptors (Lipinski definition) is 2. The summed E-state index contributed by atoms with van der Waals surface area (Å²) in [5.41, 5.74) is 0. The zero-order valence-corrected chi connectivity index (χ0v) is 10.8. The summed E-state index contributed by atoms with van der Waals surface area (Å²) < 4.78 is 12.1. The molecule has 15 heavy (non-hydrogen) atoms. The Kier molecular flexibility index (Phi) is 4.97. The zero-order valence-electron chi connectivity index (χ0n) is 9.99. The quantitative estimate of drug-likeness (QED) is 0.744. The van der Waals surface area contributed by atoms with Crippen molar-refractivity contribution in [3.8, 4) is 0 Å². The molecule has 1 fully saturated rings. The highest BCUT2D eigenvalue weighted by atomic mass is 32.2. The van der Waals surface area contributed by atoms with Gasteiger partial charge in [-0.05, 0) is 25.7 Å². The van der Waals surface area contributed by atoms with Gasteiger partial charge in [-0.15, -0.1) is 0 Å². The van der Waals surface area contributed by atoms with Gasteiger partial charge >= 0.3 is 0 Å². The number of Topliss-reactive ketones (excluding diaryl/α,β-unsaturated/α-hetero) is 1. The van der Waals surface area contributed by atoms with Crippen LogP contribution in [-0.4, -0.2) is 20.5 Å². The Morgan fingerprint density at radius 3 is 2.67 bits per heavy atom. The molecule has 0 spiro atoms. The summed E-state index contributed by atoms with van der Waals surface area (Å²) in [6, 6.07) is 0. The van der Waals surface area contributed by atoms with Crippen molar-refractivity contribution in [2.45, 2.75) is 63.4 Å². The predicted octanol–water partition coefficient (Wildman–Crippen LogP) is 2.68. The van der Waals surface area contributed by atoms with Gasteiger partial charge in [-0.3, -0.25) is 9.00 Å². The first-order chi connectivity index (χ1) is 7.00. The summed E-state index contributed by atoms with van der Waals surface area (Å²) in [7, 11) is -0.813. The molecule has 1 aliphatic carbocycles. The topological polar surface area (TPSA) is 34.1 Å². The largest absolute Gasteiger partial charge is 0.300 e. The number of rotatable bonds is 4. The molecule has 1 saturated carbocycles. The minimum atomic E-state index is -0.813. The van der Waals surface area contributed by atoms with Gasteiger partial charge in [0.05, 0.1) is 0 Å². The van der Waals surface area contributed by atoms with Crippen LogP contribution in [0.1, 0.15) is 52.9 Å². The second-order valence-electron chi connectivity index (χ2n) is 4.94. The van der Waals surface area contributed by atoms with E-state index in [9.17, 15) is 9.00 Å². The lowest BCUT2D eigenvalue weighted by molar-refractivity contribution is -0.116. The smallest absolute Gasteiger partial charge is 0.131 e. The first-order valence-electron chi connectivity index (χ1n) is 5.89. The van der Waals surface area contributed by atoms with Crippen molar-refractivity contribution in [3.63, 3.8) is 0 Å². The van der Waals surface area contributed by atoms with Gasteiger partial charge in [-0.25, -0.2) is 0 Å². The van der Waals surface area contributed by atoms with Crippen LogP contribution < -0.4 is 0 Å². The monoisotopic (exact) mass is 230 g/mol. The van der Waals surface area contributed by atoms with E-state index in [-0.39, 0.29) is 11.0 Å². The second kappa shape index (κ2) is 5.78. The molecule has 0 bridgehead atoms. The lowest BCUT2D eigenvalue weighted by atomic mass is 9.91. The van der Waals surface area contributed by atoms with Crippen LogP contribution in [0, 0.1) is 5.92 Å². The lowest BCUT2D eigenvalue weighted by Gasteiger charge is -2.28. The van der Waals surface area contributed by atoms with Crippen molar-refractivity contribution in [1.29, 1.82) is 0 Å². The molecule has 0 aliphatic heterocycles. The molecule has 0 aromatic carbocycles. The Morgan fingerprint density at radius 2 is 2.13 bits per heavy atom. The third kappa shape index (κ3) is 4.06. The van der Waals surface area contributed by atoms with Crippen LogP contribution in [0.2, 0.25) is 0 Å². The standard InChI is InChI=1S/C12H22O2S/c1-9-5-4-6-12(7-9)15(14)11(3)8-10(2)13/h9,11-12H,4-8H2,1-3H3. The number of carbonyl (C=O) groups excluding carboxylic acids is 1. The molecule has 0 saturated heterocycles. The van der Waals surface area contributed by atoms with E-state index < -0.39 is 10.8 Å². The first kappa shape index (κ1) is 12.9. The van der Waals surface area contributed by atoms with Crippen molar-refractivity contribution in [1.82, 2.24) is 0 Å². The van der Waals surface area contributed by atoms with E-state index in [1.807, 2.05) is 6.92 Å². The molecule has 4 atom stereocenters. The normalized spacial score (nSPS) is 30.9. The van der Waals surface area contributed by atoms with Crippen molar-refractivity contribution in [2.75, 3.05) is 0 Å². The fourth-order valence-corrected chi connectivity index (χ4v) is 4.38. The van der Waals surface area contributed by atoms with Crippen LogP contribution >= 0.6 is 0 Å². The van der Waals surface area contributed by atoms with Crippen LogP contribution in [0.25, 0.3) is 0 Å². The maximum atomic E-state index is 12.1. The molecule has 2 nitrogen and oxygen atoms in total. The first-order valence-corrected chi connectivity index (χ1v) is 7.17. The third-order valence-corrected chi connectivity index (χ3v) is 5.23. The third-order valence-electron chi connectivity index (χ3n) is 3.19. The van der Waals surface area contributed by atoms with Crippen molar-refractivity contribution >= 4 is 16.6 Å². The fraction of sp³-hybridized carbons (Fsp3) is 0.917.